The SMILES string of the molecule is O=C(N[C@H](C(=O)c1ccccc1)c1ccc(F)cc1)c1ccccc1. The molecule has 0 heterocycles. The summed E-state index contributed by atoms with van der Waals surface area (Å²) in [6.07, 6.45) is 0. The van der Waals surface area contributed by atoms with Gasteiger partial charge in [-0.15, -0.1) is 0 Å². The second-order valence-electron chi connectivity index (χ2n) is 5.55. The number of nitrogens with one attached hydrogen (secondary N) is 1. The zero-order valence-corrected chi connectivity index (χ0v) is 13.4. The van der Waals surface area contributed by atoms with Gasteiger partial charge in [0.25, 0.3) is 5.91 Å². The van der Waals surface area contributed by atoms with Crippen molar-refractivity contribution in [2.24, 2.45) is 0 Å². The van der Waals surface area contributed by atoms with E-state index in [9.17, 15) is 14.0 Å². The first kappa shape index (κ1) is 16.6. The van der Waals surface area contributed by atoms with Gasteiger partial charge in [-0.1, -0.05) is 60.7 Å². The van der Waals surface area contributed by atoms with Crippen molar-refractivity contribution < 1.29 is 14.0 Å². The summed E-state index contributed by atoms with van der Waals surface area (Å²) in [5, 5.41) is 2.76. The zero-order valence-electron chi connectivity index (χ0n) is 13.4. The Morgan fingerprint density at radius 2 is 1.24 bits per heavy atom. The van der Waals surface area contributed by atoms with E-state index in [0.717, 1.165) is 0 Å². The van der Waals surface area contributed by atoms with Crippen molar-refractivity contribution in [1.29, 1.82) is 0 Å². The van der Waals surface area contributed by atoms with E-state index < -0.39 is 11.9 Å². The monoisotopic (exact) mass is 333 g/mol. The molecule has 0 aliphatic rings. The van der Waals surface area contributed by atoms with Crippen LogP contribution in [0, 0.1) is 5.82 Å². The normalized spacial score (nSPS) is 11.6. The average molecular weight is 333 g/mol. The lowest BCUT2D eigenvalue weighted by Gasteiger charge is -2.18. The van der Waals surface area contributed by atoms with Crippen LogP contribution in [0.5, 0.6) is 0 Å². The largest absolute Gasteiger partial charge is 0.338 e. The van der Waals surface area contributed by atoms with Crippen LogP contribution in [-0.4, -0.2) is 11.7 Å². The van der Waals surface area contributed by atoms with E-state index in [4.69, 9.17) is 0 Å². The molecule has 0 unspecified atom stereocenters. The topological polar surface area (TPSA) is 46.2 Å². The maximum atomic E-state index is 13.2. The van der Waals surface area contributed by atoms with Crippen LogP contribution in [0.2, 0.25) is 0 Å². The van der Waals surface area contributed by atoms with Gasteiger partial charge in [0.1, 0.15) is 11.9 Å². The lowest BCUT2D eigenvalue weighted by atomic mass is 9.97. The van der Waals surface area contributed by atoms with Gasteiger partial charge in [-0.2, -0.15) is 0 Å². The van der Waals surface area contributed by atoms with Crippen LogP contribution in [0.3, 0.4) is 0 Å². The van der Waals surface area contributed by atoms with Crippen molar-refractivity contribution in [1.82, 2.24) is 5.32 Å². The van der Waals surface area contributed by atoms with Crippen LogP contribution in [-0.2, 0) is 0 Å². The van der Waals surface area contributed by atoms with Crippen LogP contribution in [0.25, 0.3) is 0 Å². The van der Waals surface area contributed by atoms with Gasteiger partial charge in [-0.3, -0.25) is 9.59 Å². The molecule has 3 nitrogen and oxygen atoms in total. The number of carbonyl (C=O) groups excluding carboxylic acids is 2. The maximum Gasteiger partial charge on any atom is 0.252 e. The van der Waals surface area contributed by atoms with Crippen LogP contribution in [0.1, 0.15) is 32.3 Å². The summed E-state index contributed by atoms with van der Waals surface area (Å²) in [5.41, 5.74) is 1.46. The van der Waals surface area contributed by atoms with Crippen molar-refractivity contribution in [3.05, 3.63) is 107 Å². The van der Waals surface area contributed by atoms with Gasteiger partial charge in [0, 0.05) is 11.1 Å². The Labute approximate surface area is 145 Å². The van der Waals surface area contributed by atoms with Crippen LogP contribution >= 0.6 is 0 Å². The minimum atomic E-state index is -0.893. The fourth-order valence-electron chi connectivity index (χ4n) is 2.53. The van der Waals surface area contributed by atoms with Crippen molar-refractivity contribution in [3.8, 4) is 0 Å². The number of rotatable bonds is 5. The summed E-state index contributed by atoms with van der Waals surface area (Å²) in [7, 11) is 0. The maximum absolute atomic E-state index is 13.2. The van der Waals surface area contributed by atoms with Gasteiger partial charge in [0.2, 0.25) is 0 Å². The molecule has 0 aliphatic heterocycles. The molecule has 4 heteroatoms. The number of halogens is 1. The third-order valence-electron chi connectivity index (χ3n) is 3.84. The molecule has 0 bridgehead atoms. The first-order valence-corrected chi connectivity index (χ1v) is 7.86. The molecule has 3 rings (SSSR count). The molecule has 0 aliphatic carbocycles. The highest BCUT2D eigenvalue weighted by Crippen LogP contribution is 2.20. The molecule has 25 heavy (non-hydrogen) atoms. The molecule has 1 atom stereocenters. The Morgan fingerprint density at radius 3 is 1.80 bits per heavy atom. The third-order valence-corrected chi connectivity index (χ3v) is 3.84. The number of hydrogen-bond donors (Lipinski definition) is 1. The smallest absolute Gasteiger partial charge is 0.252 e. The summed E-state index contributed by atoms with van der Waals surface area (Å²) >= 11 is 0. The molecular formula is C21H16FNO2. The van der Waals surface area contributed by atoms with Gasteiger partial charge in [-0.05, 0) is 29.8 Å². The van der Waals surface area contributed by atoms with Crippen molar-refractivity contribution in [3.63, 3.8) is 0 Å². The molecule has 3 aromatic carbocycles. The summed E-state index contributed by atoms with van der Waals surface area (Å²) in [4.78, 5) is 25.4. The first-order chi connectivity index (χ1) is 12.1. The molecule has 0 radical (unpaired) electrons. The van der Waals surface area contributed by atoms with E-state index in [1.165, 1.54) is 24.3 Å². The van der Waals surface area contributed by atoms with Gasteiger partial charge >= 0.3 is 0 Å². The fourth-order valence-corrected chi connectivity index (χ4v) is 2.53. The Hall–Kier alpha value is -3.27. The first-order valence-electron chi connectivity index (χ1n) is 7.86. The van der Waals surface area contributed by atoms with Crippen molar-refractivity contribution >= 4 is 11.7 Å². The standard InChI is InChI=1S/C21H16FNO2/c22-18-13-11-15(12-14-18)19(20(24)16-7-3-1-4-8-16)23-21(25)17-9-5-2-6-10-17/h1-14,19H,(H,23,25)/t19-/m0/s1. The molecule has 1 N–H and O–H groups in total. The Morgan fingerprint density at radius 1 is 0.720 bits per heavy atom. The van der Waals surface area contributed by atoms with E-state index >= 15 is 0 Å². The number of Topliss-reactive ketones (excluding diaryl/α,β-unsaturated/α-hetero) is 1. The minimum absolute atomic E-state index is 0.253. The van der Waals surface area contributed by atoms with E-state index in [2.05, 4.69) is 5.32 Å². The Bertz CT molecular complexity index is 861. The molecule has 0 aromatic heterocycles. The predicted molar refractivity (Wildman–Crippen MR) is 93.8 cm³/mol. The quantitative estimate of drug-likeness (QED) is 0.712. The Kier molecular flexibility index (Phi) is 5.00. The summed E-state index contributed by atoms with van der Waals surface area (Å²) in [5.74, 6) is -1.01. The summed E-state index contributed by atoms with van der Waals surface area (Å²) in [6, 6.07) is 22.0. The van der Waals surface area contributed by atoms with E-state index in [0.29, 0.717) is 16.7 Å². The highest BCUT2D eigenvalue weighted by molar-refractivity contribution is 6.04. The van der Waals surface area contributed by atoms with Gasteiger partial charge in [0.15, 0.2) is 5.78 Å². The minimum Gasteiger partial charge on any atom is -0.338 e. The number of amides is 1. The highest BCUT2D eigenvalue weighted by Gasteiger charge is 2.24. The van der Waals surface area contributed by atoms with Gasteiger partial charge in [0.05, 0.1) is 0 Å². The van der Waals surface area contributed by atoms with Crippen LogP contribution < -0.4 is 5.32 Å². The van der Waals surface area contributed by atoms with Crippen molar-refractivity contribution in [2.75, 3.05) is 0 Å². The molecule has 0 fully saturated rings. The zero-order chi connectivity index (χ0) is 17.6. The van der Waals surface area contributed by atoms with Gasteiger partial charge < -0.3 is 5.32 Å². The molecule has 0 spiro atoms. The molecule has 0 saturated heterocycles. The fraction of sp³-hybridized carbons (Fsp3) is 0.0476. The second kappa shape index (κ2) is 7.53. The predicted octanol–water partition coefficient (Wildman–Crippen LogP) is 4.18. The van der Waals surface area contributed by atoms with Crippen molar-refractivity contribution in [2.45, 2.75) is 6.04 Å². The number of benzene rings is 3. The number of hydrogen-bond acceptors (Lipinski definition) is 2. The van der Waals surface area contributed by atoms with Gasteiger partial charge in [-0.25, -0.2) is 4.39 Å². The van der Waals surface area contributed by atoms with Crippen LogP contribution in [0.15, 0.2) is 84.9 Å². The van der Waals surface area contributed by atoms with E-state index in [-0.39, 0.29) is 11.7 Å². The van der Waals surface area contributed by atoms with E-state index in [1.54, 1.807) is 48.5 Å². The molecule has 1 amide bonds. The summed E-state index contributed by atoms with van der Waals surface area (Å²) in [6.45, 7) is 0. The number of carbonyl (C=O) groups is 2. The highest BCUT2D eigenvalue weighted by atomic mass is 19.1. The molecule has 0 saturated carbocycles. The lowest BCUT2D eigenvalue weighted by molar-refractivity contribution is 0.0857. The lowest BCUT2D eigenvalue weighted by Crippen LogP contribution is -2.34. The number of ketones is 1. The van der Waals surface area contributed by atoms with E-state index in [1.807, 2.05) is 12.1 Å². The average Bonchev–Trinajstić information content (AvgIpc) is 2.67. The molecule has 124 valence electrons. The van der Waals surface area contributed by atoms with Crippen LogP contribution in [0.4, 0.5) is 4.39 Å². The summed E-state index contributed by atoms with van der Waals surface area (Å²) < 4.78 is 13.2. The molecule has 3 aromatic rings. The second-order valence-corrected chi connectivity index (χ2v) is 5.55. The third kappa shape index (κ3) is 3.98. The Balaban J connectivity index is 1.93. The molecular weight excluding hydrogens is 317 g/mol.